The van der Waals surface area contributed by atoms with Crippen molar-refractivity contribution in [1.82, 2.24) is 15.1 Å². The molecule has 2 aromatic heterocycles. The molecule has 0 spiro atoms. The van der Waals surface area contributed by atoms with E-state index in [0.717, 1.165) is 5.56 Å². The average Bonchev–Trinajstić information content (AvgIpc) is 2.67. The van der Waals surface area contributed by atoms with Crippen LogP contribution in [0.4, 0.5) is 0 Å². The number of pyridine rings is 1. The first-order valence-electron chi connectivity index (χ1n) is 3.59. The summed E-state index contributed by atoms with van der Waals surface area (Å²) < 4.78 is 4.62. The van der Waals surface area contributed by atoms with Crippen molar-refractivity contribution in [1.29, 1.82) is 0 Å². The number of aldehydes is 1. The zero-order valence-corrected chi connectivity index (χ0v) is 7.04. The van der Waals surface area contributed by atoms with E-state index in [0.29, 0.717) is 12.1 Å². The Bertz CT molecular complexity index is 413. The van der Waals surface area contributed by atoms with Crippen molar-refractivity contribution in [3.63, 3.8) is 0 Å². The van der Waals surface area contributed by atoms with Gasteiger partial charge in [0.15, 0.2) is 0 Å². The van der Waals surface area contributed by atoms with Gasteiger partial charge in [-0.3, -0.25) is 9.78 Å². The molecule has 0 aliphatic rings. The molecular weight excluding hydrogens is 186 g/mol. The number of hydrogen-bond donors (Lipinski definition) is 0. The number of carbonyl (C=O) groups is 1. The van der Waals surface area contributed by atoms with Gasteiger partial charge in [-0.15, -0.1) is 0 Å². The minimum absolute atomic E-state index is 0. The third kappa shape index (κ3) is 1.80. The van der Waals surface area contributed by atoms with E-state index < -0.39 is 0 Å². The van der Waals surface area contributed by atoms with Gasteiger partial charge in [-0.2, -0.15) is 4.98 Å². The lowest BCUT2D eigenvalue weighted by Crippen LogP contribution is -1.81. The van der Waals surface area contributed by atoms with Crippen LogP contribution in [0, 0.1) is 0 Å². The van der Waals surface area contributed by atoms with Crippen LogP contribution in [0.2, 0.25) is 0 Å². The first-order valence-corrected chi connectivity index (χ1v) is 3.59. The Morgan fingerprint density at radius 3 is 2.57 bits per heavy atom. The van der Waals surface area contributed by atoms with E-state index >= 15 is 0 Å². The fourth-order valence-electron chi connectivity index (χ4n) is 0.901. The lowest BCUT2D eigenvalue weighted by molar-refractivity contribution is 0.108. The van der Waals surface area contributed by atoms with Crippen molar-refractivity contribution in [3.8, 4) is 11.4 Å². The first kappa shape index (κ1) is 10.0. The van der Waals surface area contributed by atoms with Gasteiger partial charge < -0.3 is 10.00 Å². The number of aromatic nitrogens is 3. The molecular formula is C8H7N3O3. The second-order valence-electron chi connectivity index (χ2n) is 2.31. The predicted octanol–water partition coefficient (Wildman–Crippen LogP) is 0.119. The minimum atomic E-state index is -0.0215. The summed E-state index contributed by atoms with van der Waals surface area (Å²) in [4.78, 5) is 17.9. The summed E-state index contributed by atoms with van der Waals surface area (Å²) in [6, 6.07) is 3.47. The van der Waals surface area contributed by atoms with Gasteiger partial charge in [0.25, 0.3) is 5.89 Å². The molecule has 14 heavy (non-hydrogen) atoms. The normalized spacial score (nSPS) is 9.14. The minimum Gasteiger partial charge on any atom is -0.412 e. The molecule has 0 aliphatic carbocycles. The molecule has 0 aromatic carbocycles. The first-order chi connectivity index (χ1) is 6.40. The smallest absolute Gasteiger partial charge is 0.291 e. The third-order valence-corrected chi connectivity index (χ3v) is 1.48. The van der Waals surface area contributed by atoms with Gasteiger partial charge in [0, 0.05) is 18.0 Å². The SMILES string of the molecule is O.O=Cc1nc(-c2ccncc2)no1. The maximum absolute atomic E-state index is 10.2. The zero-order valence-electron chi connectivity index (χ0n) is 7.04. The second-order valence-corrected chi connectivity index (χ2v) is 2.31. The van der Waals surface area contributed by atoms with Crippen LogP contribution in [0.15, 0.2) is 29.0 Å². The summed E-state index contributed by atoms with van der Waals surface area (Å²) in [7, 11) is 0. The van der Waals surface area contributed by atoms with Gasteiger partial charge in [-0.1, -0.05) is 5.16 Å². The largest absolute Gasteiger partial charge is 0.412 e. The molecule has 0 atom stereocenters. The summed E-state index contributed by atoms with van der Waals surface area (Å²) in [5, 5.41) is 3.61. The summed E-state index contributed by atoms with van der Waals surface area (Å²) in [5.74, 6) is 0.372. The topological polar surface area (TPSA) is 100 Å². The molecule has 0 bridgehead atoms. The molecule has 72 valence electrons. The standard InChI is InChI=1S/C8H5N3O2.H2O/c12-5-7-10-8(11-13-7)6-1-3-9-4-2-6;/h1-5H;1H2. The Kier molecular flexibility index (Phi) is 3.03. The maximum atomic E-state index is 10.2. The maximum Gasteiger partial charge on any atom is 0.291 e. The number of carbonyl (C=O) groups excluding carboxylic acids is 1. The van der Waals surface area contributed by atoms with Crippen molar-refractivity contribution in [2.24, 2.45) is 0 Å². The van der Waals surface area contributed by atoms with Crippen molar-refractivity contribution >= 4 is 6.29 Å². The quantitative estimate of drug-likeness (QED) is 0.630. The van der Waals surface area contributed by atoms with Gasteiger partial charge in [0.05, 0.1) is 0 Å². The number of hydrogen-bond acceptors (Lipinski definition) is 5. The van der Waals surface area contributed by atoms with Gasteiger partial charge in [0.2, 0.25) is 12.1 Å². The van der Waals surface area contributed by atoms with E-state index in [1.807, 2.05) is 0 Å². The van der Waals surface area contributed by atoms with Crippen LogP contribution in [0.25, 0.3) is 11.4 Å². The lowest BCUT2D eigenvalue weighted by atomic mass is 10.3. The summed E-state index contributed by atoms with van der Waals surface area (Å²) in [6.07, 6.45) is 3.75. The summed E-state index contributed by atoms with van der Waals surface area (Å²) in [6.45, 7) is 0. The number of rotatable bonds is 2. The van der Waals surface area contributed by atoms with Gasteiger partial charge in [-0.05, 0) is 12.1 Å². The van der Waals surface area contributed by atoms with Crippen LogP contribution in [-0.4, -0.2) is 26.9 Å². The molecule has 2 N–H and O–H groups in total. The lowest BCUT2D eigenvalue weighted by Gasteiger charge is -1.89. The molecule has 0 saturated carbocycles. The summed E-state index contributed by atoms with van der Waals surface area (Å²) >= 11 is 0. The Morgan fingerprint density at radius 2 is 2.00 bits per heavy atom. The van der Waals surface area contributed by atoms with Crippen LogP contribution in [-0.2, 0) is 0 Å². The molecule has 6 heteroatoms. The van der Waals surface area contributed by atoms with E-state index in [2.05, 4.69) is 19.6 Å². The van der Waals surface area contributed by atoms with E-state index in [1.54, 1.807) is 24.5 Å². The van der Waals surface area contributed by atoms with Crippen molar-refractivity contribution < 1.29 is 14.8 Å². The molecule has 2 heterocycles. The predicted molar refractivity (Wildman–Crippen MR) is 46.5 cm³/mol. The van der Waals surface area contributed by atoms with Crippen LogP contribution < -0.4 is 0 Å². The molecule has 0 radical (unpaired) electrons. The van der Waals surface area contributed by atoms with Crippen molar-refractivity contribution in [3.05, 3.63) is 30.4 Å². The van der Waals surface area contributed by atoms with Gasteiger partial charge >= 0.3 is 0 Å². The molecule has 2 aromatic rings. The molecule has 0 fully saturated rings. The van der Waals surface area contributed by atoms with Crippen molar-refractivity contribution in [2.45, 2.75) is 0 Å². The Hall–Kier alpha value is -2.08. The van der Waals surface area contributed by atoms with Gasteiger partial charge in [0.1, 0.15) is 0 Å². The highest BCUT2D eigenvalue weighted by Gasteiger charge is 2.05. The number of nitrogens with zero attached hydrogens (tertiary/aromatic N) is 3. The fourth-order valence-corrected chi connectivity index (χ4v) is 0.901. The van der Waals surface area contributed by atoms with E-state index in [-0.39, 0.29) is 11.4 Å². The van der Waals surface area contributed by atoms with Crippen LogP contribution in [0.5, 0.6) is 0 Å². The van der Waals surface area contributed by atoms with Crippen LogP contribution in [0.3, 0.4) is 0 Å². The van der Waals surface area contributed by atoms with E-state index in [4.69, 9.17) is 0 Å². The van der Waals surface area contributed by atoms with E-state index in [1.165, 1.54) is 0 Å². The highest BCUT2D eigenvalue weighted by Crippen LogP contribution is 2.12. The Labute approximate surface area is 78.9 Å². The highest BCUT2D eigenvalue weighted by molar-refractivity contribution is 5.68. The molecule has 0 amide bonds. The second kappa shape index (κ2) is 4.24. The van der Waals surface area contributed by atoms with Gasteiger partial charge in [-0.25, -0.2) is 0 Å². The van der Waals surface area contributed by atoms with E-state index in [9.17, 15) is 4.79 Å². The monoisotopic (exact) mass is 193 g/mol. The molecule has 0 aliphatic heterocycles. The highest BCUT2D eigenvalue weighted by atomic mass is 16.5. The third-order valence-electron chi connectivity index (χ3n) is 1.48. The fraction of sp³-hybridized carbons (Fsp3) is 0. The Morgan fingerprint density at radius 1 is 1.29 bits per heavy atom. The van der Waals surface area contributed by atoms with Crippen LogP contribution >= 0.6 is 0 Å². The van der Waals surface area contributed by atoms with Crippen molar-refractivity contribution in [2.75, 3.05) is 0 Å². The molecule has 6 nitrogen and oxygen atoms in total. The molecule has 0 unspecified atom stereocenters. The summed E-state index contributed by atoms with van der Waals surface area (Å²) in [5.41, 5.74) is 0.770. The average molecular weight is 193 g/mol. The Balaban J connectivity index is 0.000000980. The molecule has 0 saturated heterocycles. The zero-order chi connectivity index (χ0) is 9.10. The molecule has 2 rings (SSSR count). The van der Waals surface area contributed by atoms with Crippen LogP contribution in [0.1, 0.15) is 10.7 Å².